The lowest BCUT2D eigenvalue weighted by atomic mass is 9.89. The highest BCUT2D eigenvalue weighted by Gasteiger charge is 2.19. The molecule has 0 unspecified atom stereocenters. The summed E-state index contributed by atoms with van der Waals surface area (Å²) in [5, 5.41) is 0. The molecular formula is C13H20N2. The quantitative estimate of drug-likeness (QED) is 0.814. The van der Waals surface area contributed by atoms with Crippen LogP contribution in [0.25, 0.3) is 0 Å². The van der Waals surface area contributed by atoms with Gasteiger partial charge < -0.3 is 10.6 Å². The van der Waals surface area contributed by atoms with E-state index >= 15 is 0 Å². The Balaban J connectivity index is 1.88. The van der Waals surface area contributed by atoms with Crippen LogP contribution in [0.15, 0.2) is 30.3 Å². The fraction of sp³-hybridized carbons (Fsp3) is 0.538. The summed E-state index contributed by atoms with van der Waals surface area (Å²) in [6.07, 6.45) is 2.56. The number of benzene rings is 1. The number of likely N-dealkylation sites (tertiary alicyclic amines) is 1. The van der Waals surface area contributed by atoms with Crippen LogP contribution in [0.5, 0.6) is 0 Å². The molecule has 0 bridgehead atoms. The van der Waals surface area contributed by atoms with Gasteiger partial charge in [-0.05, 0) is 37.4 Å². The molecule has 2 rings (SSSR count). The van der Waals surface area contributed by atoms with Gasteiger partial charge in [-0.15, -0.1) is 0 Å². The summed E-state index contributed by atoms with van der Waals surface area (Å²) in [6, 6.07) is 10.9. The first kappa shape index (κ1) is 10.7. The number of nitrogens with two attached hydrogens (primary N) is 1. The summed E-state index contributed by atoms with van der Waals surface area (Å²) in [4.78, 5) is 2.47. The molecule has 0 aliphatic carbocycles. The van der Waals surface area contributed by atoms with Gasteiger partial charge in [0.15, 0.2) is 0 Å². The molecule has 1 aliphatic heterocycles. The van der Waals surface area contributed by atoms with E-state index in [1.807, 2.05) is 0 Å². The second kappa shape index (κ2) is 5.29. The third kappa shape index (κ3) is 2.80. The van der Waals surface area contributed by atoms with E-state index in [-0.39, 0.29) is 0 Å². The summed E-state index contributed by atoms with van der Waals surface area (Å²) < 4.78 is 0. The average Bonchev–Trinajstić information content (AvgIpc) is 2.32. The second-order valence-electron chi connectivity index (χ2n) is 4.32. The van der Waals surface area contributed by atoms with Crippen LogP contribution < -0.4 is 5.73 Å². The van der Waals surface area contributed by atoms with E-state index in [4.69, 9.17) is 5.73 Å². The number of hydrogen-bond acceptors (Lipinski definition) is 2. The van der Waals surface area contributed by atoms with Crippen LogP contribution >= 0.6 is 0 Å². The molecule has 2 N–H and O–H groups in total. The van der Waals surface area contributed by atoms with Crippen molar-refractivity contribution < 1.29 is 0 Å². The minimum atomic E-state index is 0.764. The Bertz CT molecular complexity index is 276. The highest BCUT2D eigenvalue weighted by Crippen LogP contribution is 2.27. The average molecular weight is 204 g/mol. The van der Waals surface area contributed by atoms with Crippen LogP contribution in [-0.4, -0.2) is 31.1 Å². The summed E-state index contributed by atoms with van der Waals surface area (Å²) in [5.74, 6) is 0.764. The molecule has 0 radical (unpaired) electrons. The van der Waals surface area contributed by atoms with Crippen LogP contribution in [0.1, 0.15) is 24.3 Å². The first-order valence-electron chi connectivity index (χ1n) is 5.87. The van der Waals surface area contributed by atoms with Crippen molar-refractivity contribution in [3.8, 4) is 0 Å². The smallest absolute Gasteiger partial charge is 0.0105 e. The summed E-state index contributed by atoms with van der Waals surface area (Å²) >= 11 is 0. The van der Waals surface area contributed by atoms with E-state index in [1.165, 1.54) is 31.5 Å². The van der Waals surface area contributed by atoms with Gasteiger partial charge in [0, 0.05) is 13.1 Å². The molecule has 1 heterocycles. The standard InChI is InChI=1S/C13H20N2/c14-8-11-15-9-6-13(7-10-15)12-4-2-1-3-5-12/h1-5,13H,6-11,14H2. The lowest BCUT2D eigenvalue weighted by molar-refractivity contribution is 0.218. The first-order valence-corrected chi connectivity index (χ1v) is 5.87. The van der Waals surface area contributed by atoms with E-state index in [9.17, 15) is 0 Å². The summed E-state index contributed by atoms with van der Waals surface area (Å²) in [6.45, 7) is 4.25. The minimum Gasteiger partial charge on any atom is -0.329 e. The first-order chi connectivity index (χ1) is 7.40. The van der Waals surface area contributed by atoms with Crippen LogP contribution in [-0.2, 0) is 0 Å². The molecule has 82 valence electrons. The van der Waals surface area contributed by atoms with E-state index in [2.05, 4.69) is 35.2 Å². The lowest BCUT2D eigenvalue weighted by Crippen LogP contribution is -2.36. The molecule has 15 heavy (non-hydrogen) atoms. The molecule has 1 aliphatic rings. The van der Waals surface area contributed by atoms with Gasteiger partial charge in [0.05, 0.1) is 0 Å². The van der Waals surface area contributed by atoms with Crippen molar-refractivity contribution in [1.82, 2.24) is 4.90 Å². The largest absolute Gasteiger partial charge is 0.329 e. The molecule has 2 heteroatoms. The molecule has 0 spiro atoms. The van der Waals surface area contributed by atoms with Gasteiger partial charge in [-0.2, -0.15) is 0 Å². The normalized spacial score (nSPS) is 19.3. The van der Waals surface area contributed by atoms with Crippen molar-refractivity contribution in [2.24, 2.45) is 5.73 Å². The van der Waals surface area contributed by atoms with Crippen LogP contribution in [0.2, 0.25) is 0 Å². The third-order valence-corrected chi connectivity index (χ3v) is 3.30. The Hall–Kier alpha value is -0.860. The Kier molecular flexibility index (Phi) is 3.75. The summed E-state index contributed by atoms with van der Waals surface area (Å²) in [7, 11) is 0. The zero-order valence-corrected chi connectivity index (χ0v) is 9.23. The van der Waals surface area contributed by atoms with Gasteiger partial charge in [-0.3, -0.25) is 0 Å². The van der Waals surface area contributed by atoms with Gasteiger partial charge in [-0.25, -0.2) is 0 Å². The Morgan fingerprint density at radius 3 is 2.40 bits per heavy atom. The van der Waals surface area contributed by atoms with Crippen molar-refractivity contribution in [2.75, 3.05) is 26.2 Å². The zero-order chi connectivity index (χ0) is 10.5. The van der Waals surface area contributed by atoms with Crippen molar-refractivity contribution >= 4 is 0 Å². The fourth-order valence-corrected chi connectivity index (χ4v) is 2.40. The minimum absolute atomic E-state index is 0.764. The van der Waals surface area contributed by atoms with Crippen molar-refractivity contribution in [2.45, 2.75) is 18.8 Å². The highest BCUT2D eigenvalue weighted by molar-refractivity contribution is 5.19. The van der Waals surface area contributed by atoms with Crippen LogP contribution in [0.3, 0.4) is 0 Å². The lowest BCUT2D eigenvalue weighted by Gasteiger charge is -2.31. The number of piperidine rings is 1. The predicted octanol–water partition coefficient (Wildman–Crippen LogP) is 1.82. The van der Waals surface area contributed by atoms with Gasteiger partial charge in [0.25, 0.3) is 0 Å². The molecule has 0 amide bonds. The third-order valence-electron chi connectivity index (χ3n) is 3.30. The molecular weight excluding hydrogens is 184 g/mol. The van der Waals surface area contributed by atoms with E-state index in [0.717, 1.165) is 19.0 Å². The van der Waals surface area contributed by atoms with Crippen molar-refractivity contribution in [3.05, 3.63) is 35.9 Å². The maximum absolute atomic E-state index is 5.56. The van der Waals surface area contributed by atoms with Gasteiger partial charge in [0.1, 0.15) is 0 Å². The molecule has 0 aromatic heterocycles. The molecule has 2 nitrogen and oxygen atoms in total. The van der Waals surface area contributed by atoms with E-state index < -0.39 is 0 Å². The number of rotatable bonds is 3. The Morgan fingerprint density at radius 1 is 1.13 bits per heavy atom. The Morgan fingerprint density at radius 2 is 1.80 bits per heavy atom. The molecule has 1 aromatic rings. The predicted molar refractivity (Wildman–Crippen MR) is 63.9 cm³/mol. The fourth-order valence-electron chi connectivity index (χ4n) is 2.40. The maximum atomic E-state index is 5.56. The molecule has 1 aromatic carbocycles. The molecule has 1 fully saturated rings. The molecule has 1 saturated heterocycles. The van der Waals surface area contributed by atoms with Crippen molar-refractivity contribution in [1.29, 1.82) is 0 Å². The van der Waals surface area contributed by atoms with Crippen molar-refractivity contribution in [3.63, 3.8) is 0 Å². The topological polar surface area (TPSA) is 29.3 Å². The molecule has 0 saturated carbocycles. The highest BCUT2D eigenvalue weighted by atomic mass is 15.1. The SMILES string of the molecule is NCCN1CCC(c2ccccc2)CC1. The number of hydrogen-bond donors (Lipinski definition) is 1. The monoisotopic (exact) mass is 204 g/mol. The maximum Gasteiger partial charge on any atom is 0.0105 e. The van der Waals surface area contributed by atoms with Gasteiger partial charge >= 0.3 is 0 Å². The van der Waals surface area contributed by atoms with Crippen LogP contribution in [0.4, 0.5) is 0 Å². The summed E-state index contributed by atoms with van der Waals surface area (Å²) in [5.41, 5.74) is 7.07. The van der Waals surface area contributed by atoms with E-state index in [0.29, 0.717) is 0 Å². The number of nitrogens with zero attached hydrogens (tertiary/aromatic N) is 1. The zero-order valence-electron chi connectivity index (χ0n) is 9.23. The van der Waals surface area contributed by atoms with Gasteiger partial charge in [-0.1, -0.05) is 30.3 Å². The molecule has 0 atom stereocenters. The van der Waals surface area contributed by atoms with Gasteiger partial charge in [0.2, 0.25) is 0 Å². The van der Waals surface area contributed by atoms with Crippen LogP contribution in [0, 0.1) is 0 Å². The second-order valence-corrected chi connectivity index (χ2v) is 4.32. The Labute approximate surface area is 92.1 Å². The van der Waals surface area contributed by atoms with E-state index in [1.54, 1.807) is 0 Å².